The minimum absolute atomic E-state index is 0.188. The Morgan fingerprint density at radius 1 is 1.11 bits per heavy atom. The number of hydrogen-bond acceptors (Lipinski definition) is 2. The van der Waals surface area contributed by atoms with Gasteiger partial charge in [-0.05, 0) is 75.6 Å². The van der Waals surface area contributed by atoms with Crippen LogP contribution in [0.3, 0.4) is 0 Å². The van der Waals surface area contributed by atoms with Gasteiger partial charge in [0.25, 0.3) is 0 Å². The van der Waals surface area contributed by atoms with Gasteiger partial charge in [-0.25, -0.2) is 0 Å². The van der Waals surface area contributed by atoms with E-state index in [1.165, 1.54) is 5.56 Å². The zero-order valence-corrected chi connectivity index (χ0v) is 18.3. The van der Waals surface area contributed by atoms with Crippen LogP contribution in [-0.2, 0) is 6.42 Å². The predicted octanol–water partition coefficient (Wildman–Crippen LogP) is 7.66. The third-order valence-corrected chi connectivity index (χ3v) is 5.90. The zero-order valence-electron chi connectivity index (χ0n) is 16.0. The number of aromatic hydroxyl groups is 1. The van der Waals surface area contributed by atoms with Crippen LogP contribution < -0.4 is 0 Å². The molecule has 3 aromatic rings. The number of halogens is 2. The molecule has 0 saturated heterocycles. The van der Waals surface area contributed by atoms with Crippen LogP contribution in [0.25, 0.3) is 0 Å². The van der Waals surface area contributed by atoms with Crippen LogP contribution in [-0.4, -0.2) is 11.3 Å². The number of benzene rings is 3. The van der Waals surface area contributed by atoms with E-state index in [1.807, 2.05) is 54.6 Å². The highest BCUT2D eigenvalue weighted by Crippen LogP contribution is 2.32. The summed E-state index contributed by atoms with van der Waals surface area (Å²) in [5, 5.41) is 11.2. The van der Waals surface area contributed by atoms with E-state index in [4.69, 9.17) is 11.6 Å². The lowest BCUT2D eigenvalue weighted by molar-refractivity contribution is 0.471. The molecule has 2 nitrogen and oxygen atoms in total. The van der Waals surface area contributed by atoms with Gasteiger partial charge in [0, 0.05) is 16.8 Å². The molecule has 0 unspecified atom stereocenters. The molecule has 4 heteroatoms. The fourth-order valence-corrected chi connectivity index (χ4v) is 3.85. The first-order valence-corrected chi connectivity index (χ1v) is 10.5. The quantitative estimate of drug-likeness (QED) is 0.379. The van der Waals surface area contributed by atoms with Crippen molar-refractivity contribution in [2.75, 3.05) is 0 Å². The molecule has 3 rings (SSSR count). The van der Waals surface area contributed by atoms with E-state index in [9.17, 15) is 5.11 Å². The molecule has 1 atom stereocenters. The number of para-hydroxylation sites is 1. The molecule has 0 radical (unpaired) electrons. The van der Waals surface area contributed by atoms with Crippen molar-refractivity contribution in [1.29, 1.82) is 0 Å². The smallest absolute Gasteiger partial charge is 0.138 e. The van der Waals surface area contributed by atoms with Gasteiger partial charge in [0.15, 0.2) is 0 Å². The van der Waals surface area contributed by atoms with Gasteiger partial charge in [-0.1, -0.05) is 61.8 Å². The number of phenols is 1. The van der Waals surface area contributed by atoms with Crippen LogP contribution in [0.15, 0.2) is 70.1 Å². The molecule has 0 fully saturated rings. The Labute approximate surface area is 180 Å². The molecule has 0 spiro atoms. The van der Waals surface area contributed by atoms with Gasteiger partial charge >= 0.3 is 0 Å². The summed E-state index contributed by atoms with van der Waals surface area (Å²) in [6.45, 7) is 4.37. The first-order valence-electron chi connectivity index (χ1n) is 9.37. The van der Waals surface area contributed by atoms with Gasteiger partial charge in [-0.2, -0.15) is 0 Å². The lowest BCUT2D eigenvalue weighted by atomic mass is 9.97. The van der Waals surface area contributed by atoms with E-state index in [0.717, 1.165) is 28.3 Å². The van der Waals surface area contributed by atoms with Crippen molar-refractivity contribution in [3.05, 3.63) is 92.4 Å². The van der Waals surface area contributed by atoms with Crippen LogP contribution in [0.2, 0.25) is 5.02 Å². The SMILES string of the molecule is CC[C@@H](C)c1ccccc1N=Cc1cc(Cc2ccccc2Cl)cc(Br)c1O. The van der Waals surface area contributed by atoms with Gasteiger partial charge in [-0.15, -0.1) is 0 Å². The maximum atomic E-state index is 10.5. The van der Waals surface area contributed by atoms with E-state index in [-0.39, 0.29) is 5.75 Å². The van der Waals surface area contributed by atoms with Crippen molar-refractivity contribution < 1.29 is 5.11 Å². The second-order valence-electron chi connectivity index (χ2n) is 6.91. The monoisotopic (exact) mass is 455 g/mol. The summed E-state index contributed by atoms with van der Waals surface area (Å²) in [7, 11) is 0. The van der Waals surface area contributed by atoms with Crippen LogP contribution in [0.1, 0.15) is 48.4 Å². The van der Waals surface area contributed by atoms with Crippen molar-refractivity contribution >= 4 is 39.4 Å². The predicted molar refractivity (Wildman–Crippen MR) is 122 cm³/mol. The van der Waals surface area contributed by atoms with E-state index in [1.54, 1.807) is 6.21 Å². The van der Waals surface area contributed by atoms with Gasteiger partial charge in [0.2, 0.25) is 0 Å². The average Bonchev–Trinajstić information content (AvgIpc) is 2.71. The van der Waals surface area contributed by atoms with Gasteiger partial charge < -0.3 is 5.11 Å². The molecule has 1 N–H and O–H groups in total. The summed E-state index contributed by atoms with van der Waals surface area (Å²) in [5.74, 6) is 0.618. The minimum atomic E-state index is 0.188. The Balaban J connectivity index is 1.94. The van der Waals surface area contributed by atoms with Crippen LogP contribution >= 0.6 is 27.5 Å². The molecule has 0 aromatic heterocycles. The normalized spacial score (nSPS) is 12.4. The van der Waals surface area contributed by atoms with Gasteiger partial charge in [-0.3, -0.25) is 4.99 Å². The fraction of sp³-hybridized carbons (Fsp3) is 0.208. The number of phenolic OH excluding ortho intramolecular Hbond substituents is 1. The highest BCUT2D eigenvalue weighted by atomic mass is 79.9. The molecule has 0 aliphatic heterocycles. The second kappa shape index (κ2) is 9.40. The highest BCUT2D eigenvalue weighted by molar-refractivity contribution is 9.10. The third-order valence-electron chi connectivity index (χ3n) is 4.93. The molecule has 0 bridgehead atoms. The molecule has 0 aliphatic carbocycles. The lowest BCUT2D eigenvalue weighted by Crippen LogP contribution is -1.94. The van der Waals surface area contributed by atoms with E-state index in [0.29, 0.717) is 22.4 Å². The minimum Gasteiger partial charge on any atom is -0.506 e. The summed E-state index contributed by atoms with van der Waals surface area (Å²) in [6.07, 6.45) is 3.47. The van der Waals surface area contributed by atoms with Crippen molar-refractivity contribution in [3.8, 4) is 5.75 Å². The molecule has 28 heavy (non-hydrogen) atoms. The molecule has 0 aliphatic rings. The first-order chi connectivity index (χ1) is 13.5. The fourth-order valence-electron chi connectivity index (χ4n) is 3.12. The average molecular weight is 457 g/mol. The molecule has 3 aromatic carbocycles. The van der Waals surface area contributed by atoms with Crippen LogP contribution in [0.5, 0.6) is 5.75 Å². The van der Waals surface area contributed by atoms with Gasteiger partial charge in [0.1, 0.15) is 5.75 Å². The van der Waals surface area contributed by atoms with Crippen LogP contribution in [0.4, 0.5) is 5.69 Å². The van der Waals surface area contributed by atoms with Crippen LogP contribution in [0, 0.1) is 0 Å². The summed E-state index contributed by atoms with van der Waals surface area (Å²) in [6, 6.07) is 19.8. The Morgan fingerprint density at radius 3 is 2.57 bits per heavy atom. The van der Waals surface area contributed by atoms with Crippen molar-refractivity contribution in [2.45, 2.75) is 32.6 Å². The molecule has 0 amide bonds. The molecular weight excluding hydrogens is 434 g/mol. The topological polar surface area (TPSA) is 32.6 Å². The molecule has 0 saturated carbocycles. The number of hydrogen-bond donors (Lipinski definition) is 1. The van der Waals surface area contributed by atoms with Crippen molar-refractivity contribution in [3.63, 3.8) is 0 Å². The van der Waals surface area contributed by atoms with E-state index in [2.05, 4.69) is 40.8 Å². The number of aliphatic imine (C=N–C) groups is 1. The Morgan fingerprint density at radius 2 is 1.82 bits per heavy atom. The lowest BCUT2D eigenvalue weighted by Gasteiger charge is -2.12. The highest BCUT2D eigenvalue weighted by Gasteiger charge is 2.10. The summed E-state index contributed by atoms with van der Waals surface area (Å²) >= 11 is 9.76. The third kappa shape index (κ3) is 4.84. The summed E-state index contributed by atoms with van der Waals surface area (Å²) in [4.78, 5) is 4.68. The maximum Gasteiger partial charge on any atom is 0.138 e. The Bertz CT molecular complexity index is 1000. The number of nitrogens with zero attached hydrogens (tertiary/aromatic N) is 1. The molecule has 0 heterocycles. The summed E-state index contributed by atoms with van der Waals surface area (Å²) < 4.78 is 0.647. The zero-order chi connectivity index (χ0) is 20.1. The van der Waals surface area contributed by atoms with E-state index < -0.39 is 0 Å². The van der Waals surface area contributed by atoms with Gasteiger partial charge in [0.05, 0.1) is 10.2 Å². The Kier molecular flexibility index (Phi) is 6.93. The van der Waals surface area contributed by atoms with Crippen molar-refractivity contribution in [1.82, 2.24) is 0 Å². The van der Waals surface area contributed by atoms with E-state index >= 15 is 0 Å². The largest absolute Gasteiger partial charge is 0.506 e. The maximum absolute atomic E-state index is 10.5. The van der Waals surface area contributed by atoms with Crippen molar-refractivity contribution in [2.24, 2.45) is 4.99 Å². The molecular formula is C24H23BrClNO. The number of rotatable bonds is 6. The summed E-state index contributed by atoms with van der Waals surface area (Å²) in [5.41, 5.74) is 4.92. The standard InChI is InChI=1S/C24H23BrClNO/c1-3-16(2)20-9-5-7-11-23(20)27-15-19-13-17(14-21(25)24(19)28)12-18-8-4-6-10-22(18)26/h4-11,13-16,28H,3,12H2,1-2H3/t16-/m1/s1. The molecule has 144 valence electrons. The Hall–Kier alpha value is -2.10. The second-order valence-corrected chi connectivity index (χ2v) is 8.17. The first kappa shape index (κ1) is 20.6.